The molecule has 0 saturated carbocycles. The monoisotopic (exact) mass is 332 g/mol. The van der Waals surface area contributed by atoms with E-state index in [1.165, 1.54) is 5.06 Å². The summed E-state index contributed by atoms with van der Waals surface area (Å²) in [5.74, 6) is -0.821. The summed E-state index contributed by atoms with van der Waals surface area (Å²) in [5, 5.41) is 4.83. The predicted octanol–water partition coefficient (Wildman–Crippen LogP) is 4.30. The SMILES string of the molecule is COC1(C)CC(C)(C)N(C(=O)Nc2ccc(Cl)c(Cl)c2)O1. The molecule has 0 bridgehead atoms. The van der Waals surface area contributed by atoms with Gasteiger partial charge in [-0.15, -0.1) is 0 Å². The molecule has 1 aliphatic heterocycles. The number of carbonyl (C=O) groups excluding carboxylic acids is 1. The highest BCUT2D eigenvalue weighted by molar-refractivity contribution is 6.42. The number of urea groups is 1. The van der Waals surface area contributed by atoms with E-state index in [1.807, 2.05) is 13.8 Å². The van der Waals surface area contributed by atoms with Crippen LogP contribution in [0.3, 0.4) is 0 Å². The molecular formula is C14H18Cl2N2O3. The second-order valence-corrected chi connectivity index (χ2v) is 6.59. The summed E-state index contributed by atoms with van der Waals surface area (Å²) in [6.07, 6.45) is 0.561. The van der Waals surface area contributed by atoms with Gasteiger partial charge in [0, 0.05) is 19.2 Å². The van der Waals surface area contributed by atoms with E-state index in [-0.39, 0.29) is 6.03 Å². The van der Waals surface area contributed by atoms with Crippen molar-refractivity contribution in [2.24, 2.45) is 0 Å². The molecule has 1 aromatic carbocycles. The Bertz CT molecular complexity index is 565. The van der Waals surface area contributed by atoms with Crippen molar-refractivity contribution in [3.05, 3.63) is 28.2 Å². The first-order valence-corrected chi connectivity index (χ1v) is 7.23. The van der Waals surface area contributed by atoms with Gasteiger partial charge in [0.05, 0.1) is 15.6 Å². The zero-order chi connectivity index (χ0) is 15.8. The van der Waals surface area contributed by atoms with E-state index in [2.05, 4.69) is 5.32 Å². The van der Waals surface area contributed by atoms with Gasteiger partial charge in [-0.2, -0.15) is 5.06 Å². The van der Waals surface area contributed by atoms with Crippen LogP contribution in [0.15, 0.2) is 18.2 Å². The third kappa shape index (κ3) is 3.43. The van der Waals surface area contributed by atoms with Gasteiger partial charge in [-0.3, -0.25) is 0 Å². The van der Waals surface area contributed by atoms with E-state index in [4.69, 9.17) is 32.8 Å². The molecule has 21 heavy (non-hydrogen) atoms. The van der Waals surface area contributed by atoms with Gasteiger partial charge in [-0.05, 0) is 39.0 Å². The molecule has 1 aliphatic rings. The van der Waals surface area contributed by atoms with Crippen LogP contribution in [0, 0.1) is 0 Å². The molecule has 0 spiro atoms. The maximum absolute atomic E-state index is 12.4. The molecule has 5 nitrogen and oxygen atoms in total. The smallest absolute Gasteiger partial charge is 0.346 e. The standard InChI is InChI=1S/C14H18Cl2N2O3/c1-13(2)8-14(3,20-4)21-18(13)12(19)17-9-5-6-10(15)11(16)7-9/h5-7H,8H2,1-4H3,(H,17,19). The van der Waals surface area contributed by atoms with Crippen molar-refractivity contribution in [3.8, 4) is 0 Å². The summed E-state index contributed by atoms with van der Waals surface area (Å²) < 4.78 is 5.32. The number of halogens is 2. The lowest BCUT2D eigenvalue weighted by Crippen LogP contribution is -2.44. The topological polar surface area (TPSA) is 50.8 Å². The first kappa shape index (κ1) is 16.4. The summed E-state index contributed by atoms with van der Waals surface area (Å²) in [6, 6.07) is 4.49. The molecule has 1 N–H and O–H groups in total. The first-order chi connectivity index (χ1) is 9.67. The van der Waals surface area contributed by atoms with Crippen molar-refractivity contribution in [2.75, 3.05) is 12.4 Å². The van der Waals surface area contributed by atoms with Gasteiger partial charge >= 0.3 is 6.03 Å². The van der Waals surface area contributed by atoms with Crippen molar-refractivity contribution in [1.29, 1.82) is 0 Å². The molecule has 1 unspecified atom stereocenters. The highest BCUT2D eigenvalue weighted by Crippen LogP contribution is 2.39. The van der Waals surface area contributed by atoms with Crippen LogP contribution in [0.2, 0.25) is 10.0 Å². The van der Waals surface area contributed by atoms with Crippen molar-refractivity contribution in [2.45, 2.75) is 38.5 Å². The van der Waals surface area contributed by atoms with Gasteiger partial charge in [-0.25, -0.2) is 9.63 Å². The summed E-state index contributed by atoms with van der Waals surface area (Å²) in [6.45, 7) is 5.61. The van der Waals surface area contributed by atoms with Crippen LogP contribution in [0.25, 0.3) is 0 Å². The average molecular weight is 333 g/mol. The van der Waals surface area contributed by atoms with Crippen LogP contribution in [0.5, 0.6) is 0 Å². The van der Waals surface area contributed by atoms with Gasteiger partial charge in [0.15, 0.2) is 5.79 Å². The highest BCUT2D eigenvalue weighted by Gasteiger charge is 2.50. The van der Waals surface area contributed by atoms with Crippen molar-refractivity contribution < 1.29 is 14.4 Å². The fraction of sp³-hybridized carbons (Fsp3) is 0.500. The molecule has 0 aliphatic carbocycles. The third-order valence-corrected chi connectivity index (χ3v) is 4.11. The molecule has 2 amide bonds. The van der Waals surface area contributed by atoms with E-state index < -0.39 is 11.3 Å². The molecule has 116 valence electrons. The van der Waals surface area contributed by atoms with Crippen LogP contribution in [0.1, 0.15) is 27.2 Å². The van der Waals surface area contributed by atoms with Crippen LogP contribution in [0.4, 0.5) is 10.5 Å². The van der Waals surface area contributed by atoms with Gasteiger partial charge in [0.2, 0.25) is 0 Å². The molecular weight excluding hydrogens is 315 g/mol. The number of nitrogens with zero attached hydrogens (tertiary/aromatic N) is 1. The normalized spacial score (nSPS) is 24.2. The molecule has 0 radical (unpaired) electrons. The Kier molecular flexibility index (Phi) is 4.40. The number of methoxy groups -OCH3 is 1. The molecule has 1 fully saturated rings. The molecule has 1 saturated heterocycles. The Labute approximate surface area is 134 Å². The lowest BCUT2D eigenvalue weighted by Gasteiger charge is -2.28. The number of rotatable bonds is 2. The fourth-order valence-electron chi connectivity index (χ4n) is 2.38. The van der Waals surface area contributed by atoms with Crippen LogP contribution >= 0.6 is 23.2 Å². The number of nitrogens with one attached hydrogen (secondary N) is 1. The maximum atomic E-state index is 12.4. The van der Waals surface area contributed by atoms with Gasteiger partial charge in [0.1, 0.15) is 0 Å². The highest BCUT2D eigenvalue weighted by atomic mass is 35.5. The lowest BCUT2D eigenvalue weighted by atomic mass is 9.97. The number of benzene rings is 1. The molecule has 1 atom stereocenters. The number of anilines is 1. The Morgan fingerprint density at radius 3 is 2.52 bits per heavy atom. The van der Waals surface area contributed by atoms with E-state index in [1.54, 1.807) is 32.2 Å². The molecule has 0 aromatic heterocycles. The number of hydrogen-bond donors (Lipinski definition) is 1. The van der Waals surface area contributed by atoms with Crippen molar-refractivity contribution >= 4 is 34.9 Å². The first-order valence-electron chi connectivity index (χ1n) is 6.47. The second-order valence-electron chi connectivity index (χ2n) is 5.77. The van der Waals surface area contributed by atoms with Crippen LogP contribution in [-0.2, 0) is 9.57 Å². The summed E-state index contributed by atoms with van der Waals surface area (Å²) >= 11 is 11.8. The lowest BCUT2D eigenvalue weighted by molar-refractivity contribution is -0.268. The van der Waals surface area contributed by atoms with E-state index in [0.29, 0.717) is 22.2 Å². The zero-order valence-electron chi connectivity index (χ0n) is 12.4. The predicted molar refractivity (Wildman–Crippen MR) is 82.5 cm³/mol. The largest absolute Gasteiger partial charge is 0.351 e. The minimum absolute atomic E-state index is 0.373. The second kappa shape index (κ2) is 5.65. The Hall–Kier alpha value is -1.01. The third-order valence-electron chi connectivity index (χ3n) is 3.38. The summed E-state index contributed by atoms with van der Waals surface area (Å²) in [5.41, 5.74) is 0.0465. The van der Waals surface area contributed by atoms with E-state index >= 15 is 0 Å². The van der Waals surface area contributed by atoms with Crippen molar-refractivity contribution in [3.63, 3.8) is 0 Å². The minimum Gasteiger partial charge on any atom is -0.351 e. The quantitative estimate of drug-likeness (QED) is 0.878. The van der Waals surface area contributed by atoms with Crippen LogP contribution < -0.4 is 5.32 Å². The molecule has 1 heterocycles. The molecule has 1 aromatic rings. The fourth-order valence-corrected chi connectivity index (χ4v) is 2.68. The average Bonchev–Trinajstić information content (AvgIpc) is 2.65. The van der Waals surface area contributed by atoms with E-state index in [0.717, 1.165) is 0 Å². The van der Waals surface area contributed by atoms with E-state index in [9.17, 15) is 4.79 Å². The number of ether oxygens (including phenoxy) is 1. The number of hydrogen-bond acceptors (Lipinski definition) is 3. The maximum Gasteiger partial charge on any atom is 0.346 e. The van der Waals surface area contributed by atoms with Gasteiger partial charge < -0.3 is 10.1 Å². The summed E-state index contributed by atoms with van der Waals surface area (Å²) in [7, 11) is 1.55. The number of amides is 2. The molecule has 2 rings (SSSR count). The minimum atomic E-state index is -0.821. The molecule has 7 heteroatoms. The Morgan fingerprint density at radius 1 is 1.33 bits per heavy atom. The number of hydroxylamine groups is 2. The summed E-state index contributed by atoms with van der Waals surface area (Å²) in [4.78, 5) is 18.0. The van der Waals surface area contributed by atoms with Gasteiger partial charge in [0.25, 0.3) is 0 Å². The Balaban J connectivity index is 2.14. The zero-order valence-corrected chi connectivity index (χ0v) is 13.9. The van der Waals surface area contributed by atoms with Crippen molar-refractivity contribution in [1.82, 2.24) is 5.06 Å². The number of carbonyl (C=O) groups is 1. The Morgan fingerprint density at radius 2 is 2.00 bits per heavy atom. The van der Waals surface area contributed by atoms with Crippen LogP contribution in [-0.4, -0.2) is 29.5 Å². The van der Waals surface area contributed by atoms with Gasteiger partial charge in [-0.1, -0.05) is 23.2 Å².